The number of aryl methyl sites for hydroxylation is 1. The van der Waals surface area contributed by atoms with Crippen LogP contribution < -0.4 is 5.56 Å². The van der Waals surface area contributed by atoms with E-state index in [1.165, 1.54) is 6.07 Å². The Kier molecular flexibility index (Phi) is 4.79. The van der Waals surface area contributed by atoms with Crippen molar-refractivity contribution in [3.8, 4) is 0 Å². The zero-order valence-corrected chi connectivity index (χ0v) is 13.9. The van der Waals surface area contributed by atoms with Gasteiger partial charge in [0.15, 0.2) is 0 Å². The lowest BCUT2D eigenvalue weighted by Crippen LogP contribution is -2.22. The molecule has 0 aliphatic carbocycles. The molecular formula is C19H19F3N2O. The Balaban J connectivity index is 2.21. The molecule has 3 nitrogen and oxygen atoms in total. The second kappa shape index (κ2) is 6.86. The summed E-state index contributed by atoms with van der Waals surface area (Å²) in [5.74, 6) is 0. The van der Waals surface area contributed by atoms with E-state index in [9.17, 15) is 18.0 Å². The monoisotopic (exact) mass is 348 g/mol. The first-order valence-electron chi connectivity index (χ1n) is 8.42. The predicted molar refractivity (Wildman–Crippen MR) is 92.7 cm³/mol. The zero-order chi connectivity index (χ0) is 18.0. The molecule has 0 aliphatic rings. The topological polar surface area (TPSA) is 34.9 Å². The molecule has 2 aromatic heterocycles. The molecule has 3 rings (SSSR count). The fraction of sp³-hybridized carbons (Fsp3) is 0.368. The molecule has 0 radical (unpaired) electrons. The molecule has 0 fully saturated rings. The summed E-state index contributed by atoms with van der Waals surface area (Å²) in [7, 11) is 0. The number of rotatable bonds is 5. The van der Waals surface area contributed by atoms with E-state index < -0.39 is 17.3 Å². The molecule has 132 valence electrons. The normalized spacial score (nSPS) is 12.2. The number of hydrogen-bond acceptors (Lipinski definition) is 2. The molecule has 25 heavy (non-hydrogen) atoms. The van der Waals surface area contributed by atoms with Gasteiger partial charge in [-0.15, -0.1) is 0 Å². The van der Waals surface area contributed by atoms with Gasteiger partial charge in [0, 0.05) is 23.5 Å². The number of fused-ring (bicyclic) bond motifs is 3. The molecule has 0 bridgehead atoms. The Morgan fingerprint density at radius 2 is 1.88 bits per heavy atom. The standard InChI is InChI=1S/C19H19F3N2O/c1-2-3-4-5-11-24-16-7-6-10-23-17(16)14-9-8-13(19(20,21)22)12-15(14)18(24)25/h6-10,12H,2-5,11H2,1H3. The van der Waals surface area contributed by atoms with Gasteiger partial charge in [-0.1, -0.05) is 32.3 Å². The van der Waals surface area contributed by atoms with Gasteiger partial charge in [0.1, 0.15) is 0 Å². The van der Waals surface area contributed by atoms with E-state index in [4.69, 9.17) is 0 Å². The second-order valence-electron chi connectivity index (χ2n) is 6.15. The van der Waals surface area contributed by atoms with E-state index in [1.54, 1.807) is 22.9 Å². The fourth-order valence-corrected chi connectivity index (χ4v) is 3.10. The van der Waals surface area contributed by atoms with Gasteiger partial charge in [-0.3, -0.25) is 9.78 Å². The van der Waals surface area contributed by atoms with Gasteiger partial charge in [0.2, 0.25) is 0 Å². The quantitative estimate of drug-likeness (QED) is 0.472. The van der Waals surface area contributed by atoms with Crippen LogP contribution in [0, 0.1) is 0 Å². The Bertz CT molecular complexity index is 960. The molecule has 0 N–H and O–H groups in total. The Labute approximate surface area is 143 Å². The van der Waals surface area contributed by atoms with Gasteiger partial charge >= 0.3 is 6.18 Å². The Morgan fingerprint density at radius 1 is 1.08 bits per heavy atom. The van der Waals surface area contributed by atoms with Gasteiger partial charge < -0.3 is 4.57 Å². The highest BCUT2D eigenvalue weighted by molar-refractivity contribution is 6.03. The summed E-state index contributed by atoms with van der Waals surface area (Å²) in [6, 6.07) is 6.81. The average Bonchev–Trinajstić information content (AvgIpc) is 2.60. The molecule has 3 aromatic rings. The number of unbranched alkanes of at least 4 members (excludes halogenated alkanes) is 3. The summed E-state index contributed by atoms with van der Waals surface area (Å²) in [4.78, 5) is 17.2. The SMILES string of the molecule is CCCCCCn1c(=O)c2cc(C(F)(F)F)ccc2c2ncccc21. The van der Waals surface area contributed by atoms with Gasteiger partial charge in [-0.2, -0.15) is 13.2 Å². The van der Waals surface area contributed by atoms with Crippen LogP contribution >= 0.6 is 0 Å². The van der Waals surface area contributed by atoms with E-state index >= 15 is 0 Å². The van der Waals surface area contributed by atoms with E-state index in [0.29, 0.717) is 23.0 Å². The van der Waals surface area contributed by atoms with E-state index in [1.807, 2.05) is 0 Å². The van der Waals surface area contributed by atoms with Crippen LogP contribution in [0.15, 0.2) is 41.3 Å². The zero-order valence-electron chi connectivity index (χ0n) is 13.9. The van der Waals surface area contributed by atoms with Gasteiger partial charge in [-0.05, 0) is 30.7 Å². The molecule has 0 aliphatic heterocycles. The maximum Gasteiger partial charge on any atom is 0.416 e. The summed E-state index contributed by atoms with van der Waals surface area (Å²) in [6.07, 6.45) is 1.03. The van der Waals surface area contributed by atoms with Crippen LogP contribution in [-0.2, 0) is 12.7 Å². The van der Waals surface area contributed by atoms with Crippen molar-refractivity contribution in [2.24, 2.45) is 0 Å². The molecule has 0 atom stereocenters. The lowest BCUT2D eigenvalue weighted by molar-refractivity contribution is -0.137. The number of hydrogen-bond donors (Lipinski definition) is 0. The van der Waals surface area contributed by atoms with Crippen molar-refractivity contribution in [2.45, 2.75) is 45.3 Å². The first kappa shape index (κ1) is 17.5. The summed E-state index contributed by atoms with van der Waals surface area (Å²) < 4.78 is 40.6. The van der Waals surface area contributed by atoms with Crippen LogP contribution in [0.25, 0.3) is 21.8 Å². The van der Waals surface area contributed by atoms with E-state index in [2.05, 4.69) is 11.9 Å². The van der Waals surface area contributed by atoms with Crippen molar-refractivity contribution in [3.05, 3.63) is 52.4 Å². The molecule has 2 heterocycles. The largest absolute Gasteiger partial charge is 0.416 e. The fourth-order valence-electron chi connectivity index (χ4n) is 3.10. The first-order chi connectivity index (χ1) is 11.9. The minimum Gasteiger partial charge on any atom is -0.306 e. The molecule has 6 heteroatoms. The molecule has 0 unspecified atom stereocenters. The van der Waals surface area contributed by atoms with Crippen LogP contribution in [0.2, 0.25) is 0 Å². The number of benzene rings is 1. The van der Waals surface area contributed by atoms with Gasteiger partial charge in [-0.25, -0.2) is 0 Å². The van der Waals surface area contributed by atoms with Crippen molar-refractivity contribution in [1.29, 1.82) is 0 Å². The lowest BCUT2D eigenvalue weighted by Gasteiger charge is -2.14. The van der Waals surface area contributed by atoms with E-state index in [-0.39, 0.29) is 5.39 Å². The van der Waals surface area contributed by atoms with Gasteiger partial charge in [0.05, 0.1) is 16.6 Å². The molecule has 0 amide bonds. The Hall–Kier alpha value is -2.37. The summed E-state index contributed by atoms with van der Waals surface area (Å²) in [5, 5.41) is 0.523. The van der Waals surface area contributed by atoms with Crippen LogP contribution in [-0.4, -0.2) is 9.55 Å². The molecule has 0 saturated carbocycles. The smallest absolute Gasteiger partial charge is 0.306 e. The molecular weight excluding hydrogens is 329 g/mol. The number of pyridine rings is 2. The van der Waals surface area contributed by atoms with Crippen molar-refractivity contribution >= 4 is 21.8 Å². The van der Waals surface area contributed by atoms with Crippen LogP contribution in [0.1, 0.15) is 38.2 Å². The average molecular weight is 348 g/mol. The van der Waals surface area contributed by atoms with E-state index in [0.717, 1.165) is 37.8 Å². The number of aromatic nitrogens is 2. The molecule has 0 saturated heterocycles. The Morgan fingerprint density at radius 3 is 2.60 bits per heavy atom. The highest BCUT2D eigenvalue weighted by atomic mass is 19.4. The summed E-state index contributed by atoms with van der Waals surface area (Å²) in [5.41, 5.74) is 0.0144. The van der Waals surface area contributed by atoms with Crippen LogP contribution in [0.3, 0.4) is 0 Å². The first-order valence-corrected chi connectivity index (χ1v) is 8.42. The highest BCUT2D eigenvalue weighted by Gasteiger charge is 2.31. The van der Waals surface area contributed by atoms with Crippen molar-refractivity contribution < 1.29 is 13.2 Å². The van der Waals surface area contributed by atoms with Crippen LogP contribution in [0.4, 0.5) is 13.2 Å². The maximum atomic E-state index is 13.0. The van der Waals surface area contributed by atoms with Gasteiger partial charge in [0.25, 0.3) is 5.56 Å². The minimum absolute atomic E-state index is 0.0662. The molecule has 1 aromatic carbocycles. The number of halogens is 3. The lowest BCUT2D eigenvalue weighted by atomic mass is 10.1. The third-order valence-corrected chi connectivity index (χ3v) is 4.39. The minimum atomic E-state index is -4.48. The summed E-state index contributed by atoms with van der Waals surface area (Å²) >= 11 is 0. The predicted octanol–water partition coefficient (Wildman–Crippen LogP) is 5.15. The summed E-state index contributed by atoms with van der Waals surface area (Å²) in [6.45, 7) is 2.58. The third-order valence-electron chi connectivity index (χ3n) is 4.39. The third kappa shape index (κ3) is 3.38. The highest BCUT2D eigenvalue weighted by Crippen LogP contribution is 2.32. The van der Waals surface area contributed by atoms with Crippen molar-refractivity contribution in [2.75, 3.05) is 0 Å². The van der Waals surface area contributed by atoms with Crippen molar-refractivity contribution in [1.82, 2.24) is 9.55 Å². The molecule has 0 spiro atoms. The maximum absolute atomic E-state index is 13.0. The van der Waals surface area contributed by atoms with Crippen LogP contribution in [0.5, 0.6) is 0 Å². The van der Waals surface area contributed by atoms with Crippen molar-refractivity contribution in [3.63, 3.8) is 0 Å². The number of nitrogens with zero attached hydrogens (tertiary/aromatic N) is 2. The number of alkyl halides is 3. The second-order valence-corrected chi connectivity index (χ2v) is 6.15.